The number of morpholine rings is 1. The number of aliphatic hydroxyl groups is 1. The van der Waals surface area contributed by atoms with Crippen LogP contribution in [0.25, 0.3) is 0 Å². The van der Waals surface area contributed by atoms with E-state index >= 15 is 0 Å². The molecule has 0 aromatic heterocycles. The summed E-state index contributed by atoms with van der Waals surface area (Å²) in [7, 11) is 0. The summed E-state index contributed by atoms with van der Waals surface area (Å²) >= 11 is 0. The van der Waals surface area contributed by atoms with Crippen molar-refractivity contribution < 1.29 is 14.6 Å². The lowest BCUT2D eigenvalue weighted by molar-refractivity contribution is -0.121. The molecule has 0 radical (unpaired) electrons. The maximum Gasteiger partial charge on any atom is 0.242 e. The molecule has 0 bridgehead atoms. The van der Waals surface area contributed by atoms with Gasteiger partial charge in [-0.3, -0.25) is 4.79 Å². The van der Waals surface area contributed by atoms with Crippen molar-refractivity contribution in [3.63, 3.8) is 0 Å². The van der Waals surface area contributed by atoms with Gasteiger partial charge in [0, 0.05) is 12.2 Å². The van der Waals surface area contributed by atoms with Gasteiger partial charge < -0.3 is 20.5 Å². The van der Waals surface area contributed by atoms with Gasteiger partial charge in [-0.05, 0) is 24.6 Å². The van der Waals surface area contributed by atoms with Gasteiger partial charge in [-0.25, -0.2) is 0 Å². The van der Waals surface area contributed by atoms with Crippen LogP contribution in [0.4, 0.5) is 5.69 Å². The Morgan fingerprint density at radius 3 is 2.72 bits per heavy atom. The van der Waals surface area contributed by atoms with Gasteiger partial charge in [-0.1, -0.05) is 12.1 Å². The van der Waals surface area contributed by atoms with Gasteiger partial charge in [0.15, 0.2) is 0 Å². The second kappa shape index (κ2) is 5.37. The minimum atomic E-state index is -0.490. The number of carbonyl (C=O) groups excluding carboxylic acids is 1. The summed E-state index contributed by atoms with van der Waals surface area (Å²) in [6.07, 6.45) is -0.490. The maximum atomic E-state index is 11.4. The molecule has 1 aromatic carbocycles. The lowest BCUT2D eigenvalue weighted by atomic mass is 10.1. The molecule has 1 unspecified atom stereocenters. The molecule has 2 atom stereocenters. The first kappa shape index (κ1) is 12.9. The van der Waals surface area contributed by atoms with E-state index in [2.05, 4.69) is 0 Å². The molecule has 5 nitrogen and oxygen atoms in total. The number of rotatable bonds is 3. The van der Waals surface area contributed by atoms with Gasteiger partial charge in [-0.2, -0.15) is 0 Å². The van der Waals surface area contributed by atoms with Gasteiger partial charge in [-0.15, -0.1) is 0 Å². The second-order valence-electron chi connectivity index (χ2n) is 4.45. The van der Waals surface area contributed by atoms with Crippen molar-refractivity contribution in [1.29, 1.82) is 0 Å². The van der Waals surface area contributed by atoms with Gasteiger partial charge in [0.1, 0.15) is 6.04 Å². The highest BCUT2D eigenvalue weighted by atomic mass is 16.5. The number of aliphatic hydroxyl groups excluding tert-OH is 1. The quantitative estimate of drug-likeness (QED) is 0.815. The number of primary amides is 1. The van der Waals surface area contributed by atoms with Gasteiger partial charge in [0.25, 0.3) is 0 Å². The van der Waals surface area contributed by atoms with Crippen LogP contribution in [0.5, 0.6) is 0 Å². The third kappa shape index (κ3) is 2.63. The van der Waals surface area contributed by atoms with Crippen molar-refractivity contribution in [2.24, 2.45) is 5.73 Å². The molecule has 1 aliphatic rings. The normalized spacial score (nSPS) is 21.7. The standard InChI is InChI=1S/C13H18N2O3/c1-9(16)10-2-4-11(5-3-10)15-6-7-18-8-12(15)13(14)17/h2-5,9,12,16H,6-8H2,1H3,(H2,14,17)/t9-,12?/m0/s1. The highest BCUT2D eigenvalue weighted by molar-refractivity contribution is 5.84. The van der Waals surface area contributed by atoms with E-state index in [0.29, 0.717) is 19.8 Å². The smallest absolute Gasteiger partial charge is 0.242 e. The van der Waals surface area contributed by atoms with E-state index in [9.17, 15) is 9.90 Å². The van der Waals surface area contributed by atoms with E-state index in [1.807, 2.05) is 29.2 Å². The molecule has 2 rings (SSSR count). The molecular formula is C13H18N2O3. The molecule has 0 aliphatic carbocycles. The van der Waals surface area contributed by atoms with E-state index in [4.69, 9.17) is 10.5 Å². The number of hydrogen-bond donors (Lipinski definition) is 2. The Balaban J connectivity index is 2.20. The summed E-state index contributed by atoms with van der Waals surface area (Å²) < 4.78 is 5.27. The minimum absolute atomic E-state index is 0.327. The van der Waals surface area contributed by atoms with Crippen molar-refractivity contribution >= 4 is 11.6 Å². The highest BCUT2D eigenvalue weighted by Crippen LogP contribution is 2.22. The zero-order valence-electron chi connectivity index (χ0n) is 10.4. The summed E-state index contributed by atoms with van der Waals surface area (Å²) in [6.45, 7) is 3.27. The summed E-state index contributed by atoms with van der Waals surface area (Å²) in [4.78, 5) is 13.3. The number of ether oxygens (including phenoxy) is 1. The van der Waals surface area contributed by atoms with Crippen molar-refractivity contribution in [2.45, 2.75) is 19.1 Å². The van der Waals surface area contributed by atoms with Crippen LogP contribution in [0.3, 0.4) is 0 Å². The Bertz CT molecular complexity index is 417. The first-order valence-corrected chi connectivity index (χ1v) is 6.01. The molecule has 0 saturated carbocycles. The van der Waals surface area contributed by atoms with Crippen LogP contribution < -0.4 is 10.6 Å². The highest BCUT2D eigenvalue weighted by Gasteiger charge is 2.27. The summed E-state index contributed by atoms with van der Waals surface area (Å²) in [5.74, 6) is -0.380. The molecule has 1 fully saturated rings. The first-order chi connectivity index (χ1) is 8.59. The van der Waals surface area contributed by atoms with Gasteiger partial charge in [0.2, 0.25) is 5.91 Å². The molecule has 1 aliphatic heterocycles. The number of benzene rings is 1. The molecule has 18 heavy (non-hydrogen) atoms. The number of hydrogen-bond acceptors (Lipinski definition) is 4. The Morgan fingerprint density at radius 2 is 2.17 bits per heavy atom. The fourth-order valence-electron chi connectivity index (χ4n) is 2.09. The van der Waals surface area contributed by atoms with Gasteiger partial charge in [0.05, 0.1) is 19.3 Å². The van der Waals surface area contributed by atoms with Crippen molar-refractivity contribution in [3.05, 3.63) is 29.8 Å². The monoisotopic (exact) mass is 250 g/mol. The van der Waals surface area contributed by atoms with Crippen LogP contribution in [0, 0.1) is 0 Å². The Labute approximate surface area is 106 Å². The van der Waals surface area contributed by atoms with Crippen LogP contribution >= 0.6 is 0 Å². The Hall–Kier alpha value is -1.59. The van der Waals surface area contributed by atoms with E-state index in [1.165, 1.54) is 0 Å². The molecule has 1 heterocycles. The van der Waals surface area contributed by atoms with Crippen LogP contribution in [-0.4, -0.2) is 36.8 Å². The Morgan fingerprint density at radius 1 is 1.50 bits per heavy atom. The molecule has 1 aromatic rings. The third-order valence-corrected chi connectivity index (χ3v) is 3.16. The molecule has 98 valence electrons. The van der Waals surface area contributed by atoms with Crippen molar-refractivity contribution in [3.8, 4) is 0 Å². The third-order valence-electron chi connectivity index (χ3n) is 3.16. The number of nitrogens with two attached hydrogens (primary N) is 1. The SMILES string of the molecule is C[C@H](O)c1ccc(N2CCOCC2C(N)=O)cc1. The summed E-state index contributed by atoms with van der Waals surface area (Å²) in [6, 6.07) is 7.07. The van der Waals surface area contributed by atoms with Crippen molar-refractivity contribution in [1.82, 2.24) is 0 Å². The molecule has 1 saturated heterocycles. The lowest BCUT2D eigenvalue weighted by Gasteiger charge is -2.35. The van der Waals surface area contributed by atoms with Crippen molar-refractivity contribution in [2.75, 3.05) is 24.7 Å². The molecular weight excluding hydrogens is 232 g/mol. The zero-order chi connectivity index (χ0) is 13.1. The van der Waals surface area contributed by atoms with E-state index < -0.39 is 12.1 Å². The molecule has 3 N–H and O–H groups in total. The van der Waals surface area contributed by atoms with E-state index in [0.717, 1.165) is 11.3 Å². The number of nitrogens with zero attached hydrogens (tertiary/aromatic N) is 1. The number of anilines is 1. The fraction of sp³-hybridized carbons (Fsp3) is 0.462. The topological polar surface area (TPSA) is 75.8 Å². The van der Waals surface area contributed by atoms with Crippen LogP contribution in [0.2, 0.25) is 0 Å². The van der Waals surface area contributed by atoms with Crippen LogP contribution in [0.15, 0.2) is 24.3 Å². The summed E-state index contributed by atoms with van der Waals surface area (Å²) in [5, 5.41) is 9.46. The average Bonchev–Trinajstić information content (AvgIpc) is 2.39. The van der Waals surface area contributed by atoms with Gasteiger partial charge >= 0.3 is 0 Å². The van der Waals surface area contributed by atoms with E-state index in [1.54, 1.807) is 6.92 Å². The molecule has 1 amide bonds. The zero-order valence-corrected chi connectivity index (χ0v) is 10.4. The Kier molecular flexibility index (Phi) is 3.84. The predicted molar refractivity (Wildman–Crippen MR) is 68.2 cm³/mol. The molecule has 5 heteroatoms. The predicted octanol–water partition coefficient (Wildman–Crippen LogP) is 0.430. The fourth-order valence-corrected chi connectivity index (χ4v) is 2.09. The lowest BCUT2D eigenvalue weighted by Crippen LogP contribution is -2.52. The van der Waals surface area contributed by atoms with Crippen LogP contribution in [0.1, 0.15) is 18.6 Å². The number of amides is 1. The first-order valence-electron chi connectivity index (χ1n) is 6.01. The van der Waals surface area contributed by atoms with E-state index in [-0.39, 0.29) is 5.91 Å². The summed E-state index contributed by atoms with van der Waals surface area (Å²) in [5.41, 5.74) is 7.14. The maximum absolute atomic E-state index is 11.4. The minimum Gasteiger partial charge on any atom is -0.389 e. The largest absolute Gasteiger partial charge is 0.389 e. The number of carbonyl (C=O) groups is 1. The molecule has 0 spiro atoms. The van der Waals surface area contributed by atoms with Crippen LogP contribution in [-0.2, 0) is 9.53 Å². The average molecular weight is 250 g/mol. The second-order valence-corrected chi connectivity index (χ2v) is 4.45.